The summed E-state index contributed by atoms with van der Waals surface area (Å²) in [6, 6.07) is 53.6. The highest BCUT2D eigenvalue weighted by Crippen LogP contribution is 2.41. The fourth-order valence-corrected chi connectivity index (χ4v) is 9.06. The van der Waals surface area contributed by atoms with Gasteiger partial charge in [-0.1, -0.05) is 109 Å². The number of fused-ring (bicyclic) bond motifs is 9. The van der Waals surface area contributed by atoms with E-state index in [1.54, 1.807) is 0 Å². The Bertz CT molecular complexity index is 3250. The summed E-state index contributed by atoms with van der Waals surface area (Å²) in [5.41, 5.74) is 11.3. The van der Waals surface area contributed by atoms with Gasteiger partial charge in [0, 0.05) is 38.4 Å². The second kappa shape index (κ2) is 12.7. The minimum absolute atomic E-state index is 0.0604. The molecular weight excluding hydrogens is 701 g/mol. The molecule has 10 aromatic rings. The summed E-state index contributed by atoms with van der Waals surface area (Å²) in [6.07, 6.45) is 9.54. The van der Waals surface area contributed by atoms with Crippen LogP contribution in [0, 0.1) is 5.92 Å². The number of nitrogens with one attached hydrogen (secondary N) is 2. The molecule has 4 heterocycles. The van der Waals surface area contributed by atoms with Crippen molar-refractivity contribution in [1.82, 2.24) is 15.2 Å². The third kappa shape index (κ3) is 5.18. The second-order valence-corrected chi connectivity index (χ2v) is 15.1. The van der Waals surface area contributed by atoms with Gasteiger partial charge in [-0.2, -0.15) is 0 Å². The normalized spacial score (nSPS) is 18.3. The summed E-state index contributed by atoms with van der Waals surface area (Å²) < 4.78 is 15.4. The van der Waals surface area contributed by atoms with Crippen LogP contribution in [0.4, 0.5) is 0 Å². The SMILES string of the molecule is C1=CCC(C2N=C(c3ccc4oc5cc(-c6ccc7oc8cccc(-n9c%10ccccc%10c%10ccccc%109)c8c7c6)ccc5c4c3)NC(c3ccccc3)N2)C=C1. The molecule has 0 spiro atoms. The molecule has 0 radical (unpaired) electrons. The van der Waals surface area contributed by atoms with E-state index in [-0.39, 0.29) is 18.2 Å². The number of nitrogens with zero attached hydrogens (tertiary/aromatic N) is 2. The highest BCUT2D eigenvalue weighted by molar-refractivity contribution is 6.15. The van der Waals surface area contributed by atoms with Crippen LogP contribution in [0.25, 0.3) is 82.5 Å². The van der Waals surface area contributed by atoms with E-state index in [4.69, 9.17) is 13.8 Å². The Morgan fingerprint density at radius 1 is 0.544 bits per heavy atom. The molecule has 3 aromatic heterocycles. The molecule has 12 rings (SSSR count). The van der Waals surface area contributed by atoms with Gasteiger partial charge in [0.2, 0.25) is 0 Å². The Balaban J connectivity index is 0.943. The maximum atomic E-state index is 6.55. The topological polar surface area (TPSA) is 67.6 Å². The summed E-state index contributed by atoms with van der Waals surface area (Å²) >= 11 is 0. The van der Waals surface area contributed by atoms with Crippen molar-refractivity contribution in [2.45, 2.75) is 18.8 Å². The van der Waals surface area contributed by atoms with Gasteiger partial charge in [0.05, 0.1) is 22.1 Å². The number of para-hydroxylation sites is 2. The molecule has 0 fully saturated rings. The number of rotatable bonds is 5. The van der Waals surface area contributed by atoms with Gasteiger partial charge < -0.3 is 18.7 Å². The van der Waals surface area contributed by atoms with Crippen LogP contribution in [0.5, 0.6) is 0 Å². The fraction of sp³-hybridized carbons (Fsp3) is 0.0784. The quantitative estimate of drug-likeness (QED) is 0.185. The lowest BCUT2D eigenvalue weighted by Gasteiger charge is -2.35. The number of hydrogen-bond acceptors (Lipinski definition) is 5. The maximum Gasteiger partial charge on any atom is 0.137 e. The van der Waals surface area contributed by atoms with Gasteiger partial charge in [-0.25, -0.2) is 4.99 Å². The lowest BCUT2D eigenvalue weighted by Crippen LogP contribution is -2.50. The Kier molecular flexibility index (Phi) is 7.16. The molecule has 2 aliphatic rings. The number of amidine groups is 1. The first-order valence-electron chi connectivity index (χ1n) is 19.6. The molecule has 3 unspecified atom stereocenters. The zero-order chi connectivity index (χ0) is 37.5. The van der Waals surface area contributed by atoms with Crippen molar-refractivity contribution in [3.05, 3.63) is 187 Å². The first kappa shape index (κ1) is 32.1. The largest absolute Gasteiger partial charge is 0.456 e. The Morgan fingerprint density at radius 2 is 1.25 bits per heavy atom. The minimum atomic E-state index is -0.0647. The number of hydrogen-bond donors (Lipinski definition) is 2. The molecule has 2 N–H and O–H groups in total. The second-order valence-electron chi connectivity index (χ2n) is 15.1. The minimum Gasteiger partial charge on any atom is -0.456 e. The first-order valence-corrected chi connectivity index (χ1v) is 19.6. The van der Waals surface area contributed by atoms with Crippen molar-refractivity contribution >= 4 is 71.5 Å². The summed E-state index contributed by atoms with van der Waals surface area (Å²) in [5.74, 6) is 1.15. The van der Waals surface area contributed by atoms with Crippen LogP contribution in [0.1, 0.15) is 23.7 Å². The highest BCUT2D eigenvalue weighted by atomic mass is 16.3. The Labute approximate surface area is 328 Å². The molecule has 272 valence electrons. The number of furan rings is 2. The van der Waals surface area contributed by atoms with Crippen LogP contribution < -0.4 is 10.6 Å². The van der Waals surface area contributed by atoms with Gasteiger partial charge in [-0.3, -0.25) is 5.32 Å². The van der Waals surface area contributed by atoms with Crippen LogP contribution in [-0.4, -0.2) is 16.6 Å². The molecule has 0 bridgehead atoms. The van der Waals surface area contributed by atoms with Gasteiger partial charge >= 0.3 is 0 Å². The average Bonchev–Trinajstić information content (AvgIpc) is 3.95. The summed E-state index contributed by atoms with van der Waals surface area (Å²) in [5, 5.41) is 14.3. The van der Waals surface area contributed by atoms with Gasteiger partial charge in [-0.05, 0) is 89.8 Å². The zero-order valence-corrected chi connectivity index (χ0v) is 30.9. The van der Waals surface area contributed by atoms with Crippen LogP contribution >= 0.6 is 0 Å². The predicted molar refractivity (Wildman–Crippen MR) is 233 cm³/mol. The van der Waals surface area contributed by atoms with Crippen molar-refractivity contribution in [2.75, 3.05) is 0 Å². The van der Waals surface area contributed by atoms with E-state index in [1.165, 1.54) is 27.4 Å². The molecule has 57 heavy (non-hydrogen) atoms. The van der Waals surface area contributed by atoms with Crippen molar-refractivity contribution in [1.29, 1.82) is 0 Å². The van der Waals surface area contributed by atoms with Crippen molar-refractivity contribution in [2.24, 2.45) is 10.9 Å². The molecule has 0 saturated heterocycles. The van der Waals surface area contributed by atoms with Crippen molar-refractivity contribution in [3.63, 3.8) is 0 Å². The predicted octanol–water partition coefficient (Wildman–Crippen LogP) is 12.3. The standard InChI is InChI=1S/C51H36N4O2/c1-3-12-31(13-4-1)49-52-50(32-14-5-2-6-15-32)54-51(53-49)35-24-27-44-39(29-35)38-25-22-34(30-47(38)57-44)33-23-26-45-40(28-33)48-43(20-11-21-46(48)56-45)55-41-18-9-7-16-36(41)37-17-8-10-19-42(37)55/h1-14,16-30,32,49-50,52H,15H2,(H,53,54). The molecule has 0 amide bonds. The number of aliphatic imine (C=N–C) groups is 1. The number of allylic oxidation sites excluding steroid dienone is 3. The van der Waals surface area contributed by atoms with Gasteiger partial charge in [-0.15, -0.1) is 0 Å². The van der Waals surface area contributed by atoms with Crippen molar-refractivity contribution in [3.8, 4) is 16.8 Å². The van der Waals surface area contributed by atoms with Crippen LogP contribution in [-0.2, 0) is 0 Å². The third-order valence-corrected chi connectivity index (χ3v) is 11.8. The third-order valence-electron chi connectivity index (χ3n) is 11.8. The van der Waals surface area contributed by atoms with Gasteiger partial charge in [0.25, 0.3) is 0 Å². The Morgan fingerprint density at radius 3 is 2.05 bits per heavy atom. The molecular formula is C51H36N4O2. The molecule has 1 aliphatic carbocycles. The molecule has 7 aromatic carbocycles. The van der Waals surface area contributed by atoms with Crippen molar-refractivity contribution < 1.29 is 8.83 Å². The zero-order valence-electron chi connectivity index (χ0n) is 30.9. The molecule has 1 aliphatic heterocycles. The van der Waals surface area contributed by atoms with Crippen LogP contribution in [0.2, 0.25) is 0 Å². The van der Waals surface area contributed by atoms with E-state index in [0.717, 1.165) is 78.5 Å². The molecule has 6 nitrogen and oxygen atoms in total. The summed E-state index contributed by atoms with van der Waals surface area (Å²) in [6.45, 7) is 0. The smallest absolute Gasteiger partial charge is 0.137 e. The van der Waals surface area contributed by atoms with Gasteiger partial charge in [0.15, 0.2) is 0 Å². The van der Waals surface area contributed by atoms with Gasteiger partial charge in [0.1, 0.15) is 40.5 Å². The lowest BCUT2D eigenvalue weighted by molar-refractivity contribution is 0.339. The van der Waals surface area contributed by atoms with E-state index in [9.17, 15) is 0 Å². The number of benzene rings is 7. The monoisotopic (exact) mass is 736 g/mol. The highest BCUT2D eigenvalue weighted by Gasteiger charge is 2.29. The van der Waals surface area contributed by atoms with E-state index in [2.05, 4.69) is 191 Å². The van der Waals surface area contributed by atoms with Crippen LogP contribution in [0.3, 0.4) is 0 Å². The molecule has 0 saturated carbocycles. The van der Waals surface area contributed by atoms with E-state index in [1.807, 2.05) is 0 Å². The van der Waals surface area contributed by atoms with E-state index in [0.29, 0.717) is 0 Å². The average molecular weight is 737 g/mol. The molecule has 3 atom stereocenters. The summed E-state index contributed by atoms with van der Waals surface area (Å²) in [4.78, 5) is 5.24. The summed E-state index contributed by atoms with van der Waals surface area (Å²) in [7, 11) is 0. The lowest BCUT2D eigenvalue weighted by atomic mass is 9.96. The fourth-order valence-electron chi connectivity index (χ4n) is 9.06. The van der Waals surface area contributed by atoms with E-state index >= 15 is 0 Å². The number of aromatic nitrogens is 1. The Hall–Kier alpha value is -7.15. The van der Waals surface area contributed by atoms with Crippen LogP contribution in [0.15, 0.2) is 190 Å². The van der Waals surface area contributed by atoms with E-state index < -0.39 is 0 Å². The maximum absolute atomic E-state index is 6.55. The first-order chi connectivity index (χ1) is 28.2. The molecule has 6 heteroatoms.